The zero-order valence-corrected chi connectivity index (χ0v) is 17.1. The second-order valence-electron chi connectivity index (χ2n) is 7.50. The fraction of sp³-hybridized carbons (Fsp3) is 0.526. The minimum absolute atomic E-state index is 0.161. The molecule has 0 N–H and O–H groups in total. The zero-order valence-electron chi connectivity index (χ0n) is 15.6. The number of aromatic nitrogens is 1. The Morgan fingerprint density at radius 1 is 1.22 bits per heavy atom. The van der Waals surface area contributed by atoms with Crippen molar-refractivity contribution in [1.82, 2.24) is 4.98 Å². The number of benzene rings is 1. The Labute approximate surface area is 165 Å². The van der Waals surface area contributed by atoms with Crippen LogP contribution >= 0.6 is 11.6 Å². The van der Waals surface area contributed by atoms with Crippen molar-refractivity contribution in [2.24, 2.45) is 5.92 Å². The van der Waals surface area contributed by atoms with Gasteiger partial charge in [-0.05, 0) is 25.1 Å². The molecular formula is C19H24ClN3O3S. The molecule has 27 heavy (non-hydrogen) atoms. The number of sulfone groups is 1. The van der Waals surface area contributed by atoms with Gasteiger partial charge in [-0.3, -0.25) is 0 Å². The first-order valence-corrected chi connectivity index (χ1v) is 11.6. The summed E-state index contributed by atoms with van der Waals surface area (Å²) in [5.41, 5.74) is 2.23. The molecular weight excluding hydrogens is 386 g/mol. The predicted octanol–water partition coefficient (Wildman–Crippen LogP) is 2.59. The number of rotatable bonds is 4. The average molecular weight is 410 g/mol. The fourth-order valence-corrected chi connectivity index (χ4v) is 5.42. The van der Waals surface area contributed by atoms with Gasteiger partial charge in [-0.2, -0.15) is 0 Å². The van der Waals surface area contributed by atoms with Crippen LogP contribution in [0.25, 0.3) is 10.8 Å². The molecule has 1 aromatic heterocycles. The van der Waals surface area contributed by atoms with Crippen molar-refractivity contribution < 1.29 is 13.2 Å². The molecule has 2 atom stereocenters. The number of morpholine rings is 1. The topological polar surface area (TPSA) is 62.7 Å². The van der Waals surface area contributed by atoms with Gasteiger partial charge >= 0.3 is 0 Å². The van der Waals surface area contributed by atoms with Crippen LogP contribution in [0.2, 0.25) is 5.15 Å². The van der Waals surface area contributed by atoms with Crippen LogP contribution in [0.4, 0.5) is 11.4 Å². The molecule has 3 heterocycles. The Morgan fingerprint density at radius 3 is 2.59 bits per heavy atom. The first-order chi connectivity index (χ1) is 12.8. The lowest BCUT2D eigenvalue weighted by atomic mass is 9.90. The summed E-state index contributed by atoms with van der Waals surface area (Å²) in [4.78, 5) is 8.88. The third-order valence-electron chi connectivity index (χ3n) is 5.60. The minimum Gasteiger partial charge on any atom is -0.378 e. The maximum absolute atomic E-state index is 11.6. The van der Waals surface area contributed by atoms with Gasteiger partial charge in [0.2, 0.25) is 0 Å². The third-order valence-corrected chi connectivity index (χ3v) is 6.84. The van der Waals surface area contributed by atoms with E-state index in [0.29, 0.717) is 5.15 Å². The van der Waals surface area contributed by atoms with Crippen molar-refractivity contribution in [2.45, 2.75) is 13.0 Å². The van der Waals surface area contributed by atoms with E-state index in [2.05, 4.69) is 33.8 Å². The lowest BCUT2D eigenvalue weighted by Crippen LogP contribution is -2.57. The zero-order chi connectivity index (χ0) is 19.2. The highest BCUT2D eigenvalue weighted by atomic mass is 35.5. The van der Waals surface area contributed by atoms with E-state index in [0.717, 1.165) is 55.0 Å². The molecule has 0 spiro atoms. The Kier molecular flexibility index (Phi) is 4.94. The summed E-state index contributed by atoms with van der Waals surface area (Å²) < 4.78 is 28.7. The molecule has 2 aliphatic heterocycles. The van der Waals surface area contributed by atoms with Crippen molar-refractivity contribution in [2.75, 3.05) is 54.7 Å². The number of hydrogen-bond donors (Lipinski definition) is 0. The number of fused-ring (bicyclic) bond motifs is 1. The number of halogens is 1. The van der Waals surface area contributed by atoms with E-state index in [-0.39, 0.29) is 17.7 Å². The lowest BCUT2D eigenvalue weighted by molar-refractivity contribution is 0.123. The van der Waals surface area contributed by atoms with E-state index in [9.17, 15) is 8.42 Å². The van der Waals surface area contributed by atoms with Gasteiger partial charge in [0.25, 0.3) is 0 Å². The quantitative estimate of drug-likeness (QED) is 0.723. The standard InChI is InChI=1S/C19H24ClN3O3S/c1-13-14(12-27(2,24)25)11-23(13)18-4-3-17(22-5-7-26-8-6-22)15-9-19(20)21-10-16(15)18/h3-4,9-10,13-14H,5-8,11-12H2,1-2H3/t13-,14-/m1/s1. The van der Waals surface area contributed by atoms with Gasteiger partial charge in [-0.25, -0.2) is 13.4 Å². The van der Waals surface area contributed by atoms with Gasteiger partial charge in [0.1, 0.15) is 15.0 Å². The summed E-state index contributed by atoms with van der Waals surface area (Å²) in [6.07, 6.45) is 3.13. The van der Waals surface area contributed by atoms with Gasteiger partial charge in [0, 0.05) is 66.2 Å². The molecule has 2 fully saturated rings. The van der Waals surface area contributed by atoms with Crippen molar-refractivity contribution >= 4 is 43.6 Å². The largest absolute Gasteiger partial charge is 0.378 e. The normalized spacial score (nSPS) is 23.5. The first kappa shape index (κ1) is 18.8. The van der Waals surface area contributed by atoms with Crippen LogP contribution in [-0.2, 0) is 14.6 Å². The molecule has 1 aromatic carbocycles. The molecule has 8 heteroatoms. The smallest absolute Gasteiger partial charge is 0.147 e. The SMILES string of the molecule is C[C@@H]1[C@@H](CS(C)(=O)=O)CN1c1ccc(N2CCOCC2)c2cc(Cl)ncc12. The average Bonchev–Trinajstić information content (AvgIpc) is 2.64. The number of hydrogen-bond acceptors (Lipinski definition) is 6. The van der Waals surface area contributed by atoms with Gasteiger partial charge in [0.15, 0.2) is 0 Å². The third kappa shape index (κ3) is 3.73. The Balaban J connectivity index is 1.69. The Hall–Kier alpha value is -1.57. The van der Waals surface area contributed by atoms with E-state index < -0.39 is 9.84 Å². The molecule has 0 aliphatic carbocycles. The second kappa shape index (κ2) is 7.11. The van der Waals surface area contributed by atoms with Crippen LogP contribution in [0, 0.1) is 5.92 Å². The van der Waals surface area contributed by atoms with Crippen molar-refractivity contribution in [1.29, 1.82) is 0 Å². The molecule has 146 valence electrons. The molecule has 2 aromatic rings. The molecule has 6 nitrogen and oxygen atoms in total. The van der Waals surface area contributed by atoms with Crippen LogP contribution in [0.15, 0.2) is 24.4 Å². The fourth-order valence-electron chi connectivity index (χ4n) is 4.10. The highest BCUT2D eigenvalue weighted by molar-refractivity contribution is 7.90. The summed E-state index contributed by atoms with van der Waals surface area (Å²) >= 11 is 6.20. The van der Waals surface area contributed by atoms with Crippen molar-refractivity contribution in [3.63, 3.8) is 0 Å². The van der Waals surface area contributed by atoms with Crippen LogP contribution in [0.5, 0.6) is 0 Å². The summed E-state index contributed by atoms with van der Waals surface area (Å²) in [5, 5.41) is 2.60. The van der Waals surface area contributed by atoms with Gasteiger partial charge in [-0.15, -0.1) is 0 Å². The Bertz CT molecular complexity index is 960. The molecule has 0 unspecified atom stereocenters. The van der Waals surface area contributed by atoms with E-state index in [4.69, 9.17) is 16.3 Å². The lowest BCUT2D eigenvalue weighted by Gasteiger charge is -2.48. The molecule has 4 rings (SSSR count). The highest BCUT2D eigenvalue weighted by Gasteiger charge is 2.38. The van der Waals surface area contributed by atoms with Crippen LogP contribution in [0.1, 0.15) is 6.92 Å². The molecule has 0 amide bonds. The molecule has 0 bridgehead atoms. The molecule has 0 saturated carbocycles. The van der Waals surface area contributed by atoms with E-state index in [1.54, 1.807) is 0 Å². The summed E-state index contributed by atoms with van der Waals surface area (Å²) in [6.45, 7) is 5.97. The summed E-state index contributed by atoms with van der Waals surface area (Å²) in [6, 6.07) is 6.35. The summed E-state index contributed by atoms with van der Waals surface area (Å²) in [5.74, 6) is 0.396. The number of nitrogens with zero attached hydrogens (tertiary/aromatic N) is 3. The van der Waals surface area contributed by atoms with Crippen LogP contribution in [0.3, 0.4) is 0 Å². The number of pyridine rings is 1. The second-order valence-corrected chi connectivity index (χ2v) is 10.1. The molecule has 2 aliphatic rings. The highest BCUT2D eigenvalue weighted by Crippen LogP contribution is 2.40. The molecule has 0 radical (unpaired) electrons. The monoisotopic (exact) mass is 409 g/mol. The van der Waals surface area contributed by atoms with Crippen molar-refractivity contribution in [3.05, 3.63) is 29.5 Å². The maximum atomic E-state index is 11.6. The van der Waals surface area contributed by atoms with E-state index >= 15 is 0 Å². The number of ether oxygens (including phenoxy) is 1. The van der Waals surface area contributed by atoms with Gasteiger partial charge in [0.05, 0.1) is 19.0 Å². The van der Waals surface area contributed by atoms with Crippen LogP contribution in [-0.4, -0.2) is 64.3 Å². The van der Waals surface area contributed by atoms with Gasteiger partial charge < -0.3 is 14.5 Å². The van der Waals surface area contributed by atoms with Gasteiger partial charge in [-0.1, -0.05) is 11.6 Å². The summed E-state index contributed by atoms with van der Waals surface area (Å²) in [7, 11) is -2.97. The minimum atomic E-state index is -2.97. The van der Waals surface area contributed by atoms with E-state index in [1.807, 2.05) is 12.3 Å². The maximum Gasteiger partial charge on any atom is 0.147 e. The Morgan fingerprint density at radius 2 is 1.93 bits per heavy atom. The molecule has 2 saturated heterocycles. The van der Waals surface area contributed by atoms with Crippen LogP contribution < -0.4 is 9.80 Å². The van der Waals surface area contributed by atoms with E-state index in [1.165, 1.54) is 6.26 Å². The first-order valence-electron chi connectivity index (χ1n) is 9.19. The van der Waals surface area contributed by atoms with Crippen molar-refractivity contribution in [3.8, 4) is 0 Å². The number of anilines is 2. The predicted molar refractivity (Wildman–Crippen MR) is 110 cm³/mol.